The number of halogens is 3. The molecule has 0 aromatic heterocycles. The highest BCUT2D eigenvalue weighted by Crippen LogP contribution is 2.22. The SMILES string of the molecule is CCNCCCOC(C)C(F)(F)F. The van der Waals surface area contributed by atoms with E-state index in [1.54, 1.807) is 0 Å². The van der Waals surface area contributed by atoms with Gasteiger partial charge in [-0.05, 0) is 26.4 Å². The Kier molecular flexibility index (Phi) is 6.07. The molecule has 5 heteroatoms. The minimum atomic E-state index is -4.24. The van der Waals surface area contributed by atoms with Gasteiger partial charge in [0.2, 0.25) is 0 Å². The molecule has 0 aliphatic rings. The van der Waals surface area contributed by atoms with Gasteiger partial charge in [-0.25, -0.2) is 0 Å². The Balaban J connectivity index is 3.32. The molecule has 0 aliphatic carbocycles. The molecule has 0 amide bonds. The Labute approximate surface area is 76.5 Å². The summed E-state index contributed by atoms with van der Waals surface area (Å²) in [5.41, 5.74) is 0. The largest absolute Gasteiger partial charge is 0.414 e. The summed E-state index contributed by atoms with van der Waals surface area (Å²) in [5, 5.41) is 3.00. The van der Waals surface area contributed by atoms with Gasteiger partial charge in [-0.3, -0.25) is 0 Å². The molecule has 0 aliphatic heterocycles. The number of hydrogen-bond acceptors (Lipinski definition) is 2. The first-order valence-corrected chi connectivity index (χ1v) is 4.37. The van der Waals surface area contributed by atoms with Crippen molar-refractivity contribution in [3.63, 3.8) is 0 Å². The van der Waals surface area contributed by atoms with Gasteiger partial charge in [-0.1, -0.05) is 6.92 Å². The molecule has 1 N–H and O–H groups in total. The van der Waals surface area contributed by atoms with Crippen molar-refractivity contribution in [1.82, 2.24) is 5.32 Å². The number of rotatable bonds is 6. The summed E-state index contributed by atoms with van der Waals surface area (Å²) < 4.78 is 40.2. The lowest BCUT2D eigenvalue weighted by molar-refractivity contribution is -0.214. The summed E-state index contributed by atoms with van der Waals surface area (Å²) >= 11 is 0. The van der Waals surface area contributed by atoms with Crippen LogP contribution in [-0.2, 0) is 4.74 Å². The van der Waals surface area contributed by atoms with Crippen molar-refractivity contribution in [1.29, 1.82) is 0 Å². The molecule has 2 nitrogen and oxygen atoms in total. The van der Waals surface area contributed by atoms with Crippen LogP contribution in [0.5, 0.6) is 0 Å². The van der Waals surface area contributed by atoms with Crippen LogP contribution in [0.4, 0.5) is 13.2 Å². The molecule has 0 aromatic carbocycles. The maximum absolute atomic E-state index is 11.9. The molecular weight excluding hydrogens is 183 g/mol. The molecule has 0 aromatic rings. The molecule has 0 radical (unpaired) electrons. The maximum Gasteiger partial charge on any atom is 0.414 e. The van der Waals surface area contributed by atoms with Crippen molar-refractivity contribution >= 4 is 0 Å². The van der Waals surface area contributed by atoms with Gasteiger partial charge >= 0.3 is 6.18 Å². The highest BCUT2D eigenvalue weighted by atomic mass is 19.4. The Bertz CT molecular complexity index is 127. The Hall–Kier alpha value is -0.290. The topological polar surface area (TPSA) is 21.3 Å². The van der Waals surface area contributed by atoms with E-state index in [-0.39, 0.29) is 6.61 Å². The maximum atomic E-state index is 11.9. The van der Waals surface area contributed by atoms with Crippen molar-refractivity contribution < 1.29 is 17.9 Å². The highest BCUT2D eigenvalue weighted by Gasteiger charge is 2.36. The van der Waals surface area contributed by atoms with Crippen molar-refractivity contribution in [2.45, 2.75) is 32.5 Å². The molecule has 80 valence electrons. The number of nitrogens with one attached hydrogen (secondary N) is 1. The fourth-order valence-corrected chi connectivity index (χ4v) is 0.729. The first kappa shape index (κ1) is 12.7. The van der Waals surface area contributed by atoms with Crippen LogP contribution in [0.2, 0.25) is 0 Å². The fourth-order valence-electron chi connectivity index (χ4n) is 0.729. The normalized spacial score (nSPS) is 14.5. The van der Waals surface area contributed by atoms with Gasteiger partial charge in [0, 0.05) is 6.61 Å². The monoisotopic (exact) mass is 199 g/mol. The first-order chi connectivity index (χ1) is 5.98. The van der Waals surface area contributed by atoms with Crippen molar-refractivity contribution in [2.24, 2.45) is 0 Å². The van der Waals surface area contributed by atoms with E-state index < -0.39 is 12.3 Å². The molecule has 1 atom stereocenters. The van der Waals surface area contributed by atoms with E-state index in [9.17, 15) is 13.2 Å². The molecule has 1 unspecified atom stereocenters. The van der Waals surface area contributed by atoms with Gasteiger partial charge in [-0.15, -0.1) is 0 Å². The van der Waals surface area contributed by atoms with Crippen LogP contribution in [-0.4, -0.2) is 32.0 Å². The van der Waals surface area contributed by atoms with Gasteiger partial charge in [0.25, 0.3) is 0 Å². The molecule has 0 saturated carbocycles. The average molecular weight is 199 g/mol. The van der Waals surface area contributed by atoms with Crippen LogP contribution < -0.4 is 5.32 Å². The quantitative estimate of drug-likeness (QED) is 0.660. The minimum Gasteiger partial charge on any atom is -0.369 e. The second-order valence-corrected chi connectivity index (χ2v) is 2.76. The zero-order valence-electron chi connectivity index (χ0n) is 7.95. The van der Waals surface area contributed by atoms with Gasteiger partial charge in [0.15, 0.2) is 6.10 Å². The van der Waals surface area contributed by atoms with Gasteiger partial charge in [0.05, 0.1) is 0 Å². The smallest absolute Gasteiger partial charge is 0.369 e. The minimum absolute atomic E-state index is 0.147. The van der Waals surface area contributed by atoms with Crippen molar-refractivity contribution in [3.8, 4) is 0 Å². The molecule has 0 rings (SSSR count). The number of alkyl halides is 3. The summed E-state index contributed by atoms with van der Waals surface area (Å²) in [6.07, 6.45) is -5.29. The van der Waals surface area contributed by atoms with E-state index in [4.69, 9.17) is 0 Å². The van der Waals surface area contributed by atoms with E-state index in [1.165, 1.54) is 0 Å². The summed E-state index contributed by atoms with van der Waals surface area (Å²) in [4.78, 5) is 0. The number of hydrogen-bond donors (Lipinski definition) is 1. The van der Waals surface area contributed by atoms with E-state index >= 15 is 0 Å². The summed E-state index contributed by atoms with van der Waals surface area (Å²) in [7, 11) is 0. The Morgan fingerprint density at radius 3 is 2.46 bits per heavy atom. The fraction of sp³-hybridized carbons (Fsp3) is 1.00. The third-order valence-electron chi connectivity index (χ3n) is 1.58. The lowest BCUT2D eigenvalue weighted by Gasteiger charge is -2.16. The predicted molar refractivity (Wildman–Crippen MR) is 44.6 cm³/mol. The molecule has 0 saturated heterocycles. The summed E-state index contributed by atoms with van der Waals surface area (Å²) in [6, 6.07) is 0. The van der Waals surface area contributed by atoms with Crippen LogP contribution in [0.3, 0.4) is 0 Å². The van der Waals surface area contributed by atoms with Crippen LogP contribution in [0, 0.1) is 0 Å². The Morgan fingerprint density at radius 1 is 1.38 bits per heavy atom. The summed E-state index contributed by atoms with van der Waals surface area (Å²) in [6.45, 7) is 4.63. The van der Waals surface area contributed by atoms with E-state index in [0.717, 1.165) is 13.5 Å². The second-order valence-electron chi connectivity index (χ2n) is 2.76. The molecule has 13 heavy (non-hydrogen) atoms. The van der Waals surface area contributed by atoms with Crippen molar-refractivity contribution in [2.75, 3.05) is 19.7 Å². The predicted octanol–water partition coefficient (Wildman–Crippen LogP) is 1.95. The van der Waals surface area contributed by atoms with E-state index in [2.05, 4.69) is 10.1 Å². The third-order valence-corrected chi connectivity index (χ3v) is 1.58. The standard InChI is InChI=1S/C8H16F3NO/c1-3-12-5-4-6-13-7(2)8(9,10)11/h7,12H,3-6H2,1-2H3. The van der Waals surface area contributed by atoms with Gasteiger partial charge in [-0.2, -0.15) is 13.2 Å². The zero-order chi connectivity index (χ0) is 10.3. The van der Waals surface area contributed by atoms with Gasteiger partial charge in [0.1, 0.15) is 0 Å². The van der Waals surface area contributed by atoms with E-state index in [1.807, 2.05) is 6.92 Å². The van der Waals surface area contributed by atoms with Crippen LogP contribution >= 0.6 is 0 Å². The number of ether oxygens (including phenoxy) is 1. The van der Waals surface area contributed by atoms with Crippen LogP contribution in [0.25, 0.3) is 0 Å². The second kappa shape index (κ2) is 6.21. The lowest BCUT2D eigenvalue weighted by atomic mass is 10.4. The average Bonchev–Trinajstić information content (AvgIpc) is 2.02. The molecule has 0 spiro atoms. The first-order valence-electron chi connectivity index (χ1n) is 4.37. The molecule has 0 fully saturated rings. The van der Waals surface area contributed by atoms with E-state index in [0.29, 0.717) is 13.0 Å². The zero-order valence-corrected chi connectivity index (χ0v) is 7.95. The van der Waals surface area contributed by atoms with Crippen LogP contribution in [0.1, 0.15) is 20.3 Å². The highest BCUT2D eigenvalue weighted by molar-refractivity contribution is 4.60. The van der Waals surface area contributed by atoms with Gasteiger partial charge < -0.3 is 10.1 Å². The van der Waals surface area contributed by atoms with Crippen LogP contribution in [0.15, 0.2) is 0 Å². The molecule has 0 heterocycles. The van der Waals surface area contributed by atoms with Crippen molar-refractivity contribution in [3.05, 3.63) is 0 Å². The third kappa shape index (κ3) is 6.83. The molecular formula is C8H16F3NO. The summed E-state index contributed by atoms with van der Waals surface area (Å²) in [5.74, 6) is 0. The Morgan fingerprint density at radius 2 is 2.00 bits per heavy atom. The molecule has 0 bridgehead atoms. The lowest BCUT2D eigenvalue weighted by Crippen LogP contribution is -2.29.